The van der Waals surface area contributed by atoms with Crippen molar-refractivity contribution in [1.82, 2.24) is 0 Å². The molecule has 2 aliphatic rings. The van der Waals surface area contributed by atoms with Gasteiger partial charge in [-0.15, -0.1) is 0 Å². The molecule has 0 aromatic heterocycles. The summed E-state index contributed by atoms with van der Waals surface area (Å²) in [6.45, 7) is 3.37. The molecule has 160 valence electrons. The average Bonchev–Trinajstić information content (AvgIpc) is 2.65. The molecule has 0 saturated carbocycles. The van der Waals surface area contributed by atoms with Crippen LogP contribution < -0.4 is 0 Å². The van der Waals surface area contributed by atoms with Crippen molar-refractivity contribution in [1.29, 1.82) is 0 Å². The maximum Gasteiger partial charge on any atom is 0.111 e. The molecule has 2 heterocycles. The van der Waals surface area contributed by atoms with Gasteiger partial charge in [-0.3, -0.25) is 0 Å². The molecular weight excluding hydrogens is 356 g/mol. The van der Waals surface area contributed by atoms with Crippen molar-refractivity contribution < 1.29 is 40.1 Å². The fraction of sp³-hybridized carbons (Fsp3) is 1.00. The minimum absolute atomic E-state index is 0.460. The first-order valence-electron chi connectivity index (χ1n) is 10.1. The van der Waals surface area contributed by atoms with Crippen LogP contribution in [0.15, 0.2) is 0 Å². The van der Waals surface area contributed by atoms with E-state index in [-0.39, 0.29) is 0 Å². The van der Waals surface area contributed by atoms with Crippen molar-refractivity contribution in [3.8, 4) is 0 Å². The Bertz CT molecular complexity index is 398. The van der Waals surface area contributed by atoms with Crippen molar-refractivity contribution in [2.45, 2.75) is 120 Å². The molecule has 10 atom stereocenters. The lowest BCUT2D eigenvalue weighted by Crippen LogP contribution is -2.56. The number of rotatable bonds is 8. The third-order valence-electron chi connectivity index (χ3n) is 5.88. The van der Waals surface area contributed by atoms with Gasteiger partial charge >= 0.3 is 0 Å². The summed E-state index contributed by atoms with van der Waals surface area (Å²) in [5, 5.41) is 59.0. The molecule has 2 rings (SSSR count). The summed E-state index contributed by atoms with van der Waals surface area (Å²) in [6.07, 6.45) is -2.67. The van der Waals surface area contributed by atoms with Crippen LogP contribution in [0, 0.1) is 0 Å². The highest BCUT2D eigenvalue weighted by atomic mass is 16.5. The molecule has 0 spiro atoms. The Hall–Kier alpha value is -0.320. The summed E-state index contributed by atoms with van der Waals surface area (Å²) in [5.41, 5.74) is 0. The van der Waals surface area contributed by atoms with Gasteiger partial charge in [-0.05, 0) is 26.7 Å². The van der Waals surface area contributed by atoms with Gasteiger partial charge in [-0.1, -0.05) is 32.1 Å². The third kappa shape index (κ3) is 5.83. The van der Waals surface area contributed by atoms with Gasteiger partial charge in [0.2, 0.25) is 0 Å². The molecule has 6 N–H and O–H groups in total. The fourth-order valence-corrected chi connectivity index (χ4v) is 3.97. The van der Waals surface area contributed by atoms with E-state index in [0.717, 1.165) is 32.1 Å². The first-order chi connectivity index (χ1) is 12.7. The Morgan fingerprint density at radius 3 is 1.19 bits per heavy atom. The normalized spacial score (nSPS) is 45.8. The maximum atomic E-state index is 9.99. The summed E-state index contributed by atoms with van der Waals surface area (Å²) in [5.74, 6) is 0. The molecule has 8 heteroatoms. The van der Waals surface area contributed by atoms with Gasteiger partial charge in [0.15, 0.2) is 0 Å². The zero-order chi connectivity index (χ0) is 20.1. The monoisotopic (exact) mass is 392 g/mol. The molecule has 0 aromatic carbocycles. The van der Waals surface area contributed by atoms with E-state index in [9.17, 15) is 30.6 Å². The second-order valence-electron chi connectivity index (χ2n) is 8.05. The molecule has 27 heavy (non-hydrogen) atoms. The van der Waals surface area contributed by atoms with Crippen molar-refractivity contribution in [2.24, 2.45) is 0 Å². The van der Waals surface area contributed by atoms with E-state index in [1.165, 1.54) is 0 Å². The first-order valence-corrected chi connectivity index (χ1v) is 10.1. The molecule has 0 radical (unpaired) electrons. The fourth-order valence-electron chi connectivity index (χ4n) is 3.97. The lowest BCUT2D eigenvalue weighted by Gasteiger charge is -2.39. The zero-order valence-corrected chi connectivity index (χ0v) is 16.2. The Balaban J connectivity index is 1.57. The van der Waals surface area contributed by atoms with E-state index in [4.69, 9.17) is 9.47 Å². The van der Waals surface area contributed by atoms with Crippen LogP contribution in [0.1, 0.15) is 58.8 Å². The van der Waals surface area contributed by atoms with Crippen LogP contribution >= 0.6 is 0 Å². The summed E-state index contributed by atoms with van der Waals surface area (Å²) in [6, 6.07) is 0. The number of aliphatic hydroxyl groups is 6. The van der Waals surface area contributed by atoms with E-state index < -0.39 is 61.0 Å². The van der Waals surface area contributed by atoms with Crippen LogP contribution in [-0.4, -0.2) is 91.7 Å². The van der Waals surface area contributed by atoms with Crippen molar-refractivity contribution >= 4 is 0 Å². The summed E-state index contributed by atoms with van der Waals surface area (Å²) < 4.78 is 11.2. The lowest BCUT2D eigenvalue weighted by molar-refractivity contribution is -0.218. The molecule has 2 fully saturated rings. The van der Waals surface area contributed by atoms with E-state index >= 15 is 0 Å². The van der Waals surface area contributed by atoms with Gasteiger partial charge < -0.3 is 40.1 Å². The first kappa shape index (κ1) is 23.0. The van der Waals surface area contributed by atoms with Gasteiger partial charge in [-0.25, -0.2) is 0 Å². The van der Waals surface area contributed by atoms with Crippen LogP contribution in [0.2, 0.25) is 0 Å². The van der Waals surface area contributed by atoms with Crippen LogP contribution in [0.3, 0.4) is 0 Å². The molecule has 2 aliphatic heterocycles. The smallest absolute Gasteiger partial charge is 0.111 e. The molecular formula is C19H36O8. The second kappa shape index (κ2) is 10.5. The third-order valence-corrected chi connectivity index (χ3v) is 5.88. The highest BCUT2D eigenvalue weighted by Crippen LogP contribution is 2.26. The van der Waals surface area contributed by atoms with Crippen LogP contribution in [0.4, 0.5) is 0 Å². The minimum atomic E-state index is -1.17. The summed E-state index contributed by atoms with van der Waals surface area (Å²) >= 11 is 0. The predicted molar refractivity (Wildman–Crippen MR) is 97.0 cm³/mol. The SMILES string of the molecule is CC1OC(CCCCCCC[C@H]2OC(C)[C@H](O)[C@H](O)C2O)C(O)[C@@H](O)[C@H]1O. The van der Waals surface area contributed by atoms with E-state index in [0.29, 0.717) is 12.8 Å². The molecule has 0 aromatic rings. The van der Waals surface area contributed by atoms with E-state index in [1.807, 2.05) is 0 Å². The Morgan fingerprint density at radius 1 is 0.481 bits per heavy atom. The molecule has 0 bridgehead atoms. The molecule has 8 nitrogen and oxygen atoms in total. The minimum Gasteiger partial charge on any atom is -0.388 e. The Kier molecular flexibility index (Phi) is 8.89. The Labute approximate surface area is 160 Å². The number of hydrogen-bond donors (Lipinski definition) is 6. The van der Waals surface area contributed by atoms with E-state index in [2.05, 4.69) is 0 Å². The maximum absolute atomic E-state index is 9.99. The standard InChI is InChI=1S/C19H36O8/c1-10-14(20)18(24)16(22)12(26-10)8-6-4-3-5-7-9-13-17(23)19(25)15(21)11(2)27-13/h10-25H,3-9H2,1-2H3/t10?,11?,12-,13?,14+,15+,16?,17?,18+,19+/m1/s1. The highest BCUT2D eigenvalue weighted by molar-refractivity contribution is 4.91. The molecule has 5 unspecified atom stereocenters. The number of ether oxygens (including phenoxy) is 2. The Morgan fingerprint density at radius 2 is 0.815 bits per heavy atom. The zero-order valence-electron chi connectivity index (χ0n) is 16.2. The summed E-state index contributed by atoms with van der Waals surface area (Å²) in [4.78, 5) is 0. The number of unbranched alkanes of at least 4 members (excludes halogenated alkanes) is 4. The number of hydrogen-bond acceptors (Lipinski definition) is 8. The van der Waals surface area contributed by atoms with Gasteiger partial charge in [0.25, 0.3) is 0 Å². The van der Waals surface area contributed by atoms with Crippen molar-refractivity contribution in [2.75, 3.05) is 0 Å². The van der Waals surface area contributed by atoms with Crippen LogP contribution in [-0.2, 0) is 9.47 Å². The van der Waals surface area contributed by atoms with Gasteiger partial charge in [0.1, 0.15) is 36.6 Å². The van der Waals surface area contributed by atoms with Gasteiger partial charge in [-0.2, -0.15) is 0 Å². The largest absolute Gasteiger partial charge is 0.388 e. The molecule has 0 aliphatic carbocycles. The second-order valence-corrected chi connectivity index (χ2v) is 8.05. The summed E-state index contributed by atoms with van der Waals surface area (Å²) in [7, 11) is 0. The van der Waals surface area contributed by atoms with Crippen LogP contribution in [0.5, 0.6) is 0 Å². The van der Waals surface area contributed by atoms with Crippen molar-refractivity contribution in [3.63, 3.8) is 0 Å². The van der Waals surface area contributed by atoms with Gasteiger partial charge in [0.05, 0.1) is 24.4 Å². The lowest BCUT2D eigenvalue weighted by atomic mass is 9.92. The quantitative estimate of drug-likeness (QED) is 0.303. The van der Waals surface area contributed by atoms with E-state index in [1.54, 1.807) is 13.8 Å². The number of aliphatic hydroxyl groups excluding tert-OH is 6. The highest BCUT2D eigenvalue weighted by Gasteiger charge is 2.42. The van der Waals surface area contributed by atoms with Crippen molar-refractivity contribution in [3.05, 3.63) is 0 Å². The predicted octanol–water partition coefficient (Wildman–Crippen LogP) is -0.543. The average molecular weight is 392 g/mol. The van der Waals surface area contributed by atoms with Crippen LogP contribution in [0.25, 0.3) is 0 Å². The molecule has 2 saturated heterocycles. The molecule has 0 amide bonds. The topological polar surface area (TPSA) is 140 Å². The van der Waals surface area contributed by atoms with Gasteiger partial charge in [0, 0.05) is 0 Å².